The SMILES string of the molecule is CNC(=O)c1ccc(OC)c(NC(=O)N(C)C(C)c2cccc(Cl)c2)c1. The lowest BCUT2D eigenvalue weighted by molar-refractivity contribution is 0.0963. The molecule has 0 radical (unpaired) electrons. The number of carbonyl (C=O) groups is 2. The van der Waals surface area contributed by atoms with E-state index in [1.54, 1.807) is 43.3 Å². The number of nitrogens with zero attached hydrogens (tertiary/aromatic N) is 1. The van der Waals surface area contributed by atoms with Crippen LogP contribution in [0.5, 0.6) is 5.75 Å². The summed E-state index contributed by atoms with van der Waals surface area (Å²) in [6.07, 6.45) is 0. The monoisotopic (exact) mass is 375 g/mol. The van der Waals surface area contributed by atoms with Gasteiger partial charge in [0.15, 0.2) is 0 Å². The Morgan fingerprint density at radius 3 is 2.54 bits per heavy atom. The number of methoxy groups -OCH3 is 1. The summed E-state index contributed by atoms with van der Waals surface area (Å²) in [6, 6.07) is 11.7. The molecule has 0 aliphatic rings. The molecule has 1 unspecified atom stereocenters. The molecular formula is C19H22ClN3O3. The molecular weight excluding hydrogens is 354 g/mol. The topological polar surface area (TPSA) is 70.7 Å². The van der Waals surface area contributed by atoms with Gasteiger partial charge in [0.2, 0.25) is 0 Å². The van der Waals surface area contributed by atoms with Crippen molar-refractivity contribution in [1.29, 1.82) is 0 Å². The van der Waals surface area contributed by atoms with Gasteiger partial charge in [-0.3, -0.25) is 4.79 Å². The Hall–Kier alpha value is -2.73. The van der Waals surface area contributed by atoms with Crippen molar-refractivity contribution in [2.24, 2.45) is 0 Å². The van der Waals surface area contributed by atoms with Crippen molar-refractivity contribution >= 4 is 29.2 Å². The van der Waals surface area contributed by atoms with Crippen LogP contribution in [0.2, 0.25) is 5.02 Å². The van der Waals surface area contributed by atoms with Gasteiger partial charge in [0.25, 0.3) is 5.91 Å². The van der Waals surface area contributed by atoms with Crippen LogP contribution in [0.25, 0.3) is 0 Å². The van der Waals surface area contributed by atoms with E-state index in [9.17, 15) is 9.59 Å². The minimum Gasteiger partial charge on any atom is -0.495 e. The molecule has 0 saturated carbocycles. The van der Waals surface area contributed by atoms with E-state index in [1.165, 1.54) is 7.11 Å². The van der Waals surface area contributed by atoms with E-state index < -0.39 is 0 Å². The second-order valence-corrected chi connectivity index (χ2v) is 6.20. The van der Waals surface area contributed by atoms with E-state index in [0.29, 0.717) is 22.0 Å². The van der Waals surface area contributed by atoms with Crippen molar-refractivity contribution in [3.05, 3.63) is 58.6 Å². The van der Waals surface area contributed by atoms with Crippen LogP contribution in [0.15, 0.2) is 42.5 Å². The fourth-order valence-corrected chi connectivity index (χ4v) is 2.66. The predicted octanol–water partition coefficient (Wildman–Crippen LogP) is 3.93. The Kier molecular flexibility index (Phi) is 6.46. The molecule has 6 nitrogen and oxygen atoms in total. The molecule has 0 bridgehead atoms. The third-order valence-corrected chi connectivity index (χ3v) is 4.40. The first-order valence-corrected chi connectivity index (χ1v) is 8.44. The van der Waals surface area contributed by atoms with Crippen molar-refractivity contribution in [3.8, 4) is 5.75 Å². The summed E-state index contributed by atoms with van der Waals surface area (Å²) in [5.41, 5.74) is 1.76. The number of rotatable bonds is 5. The van der Waals surface area contributed by atoms with Crippen LogP contribution in [0, 0.1) is 0 Å². The van der Waals surface area contributed by atoms with E-state index in [0.717, 1.165) is 5.56 Å². The maximum atomic E-state index is 12.7. The molecule has 26 heavy (non-hydrogen) atoms. The smallest absolute Gasteiger partial charge is 0.322 e. The second kappa shape index (κ2) is 8.58. The summed E-state index contributed by atoms with van der Waals surface area (Å²) >= 11 is 6.03. The van der Waals surface area contributed by atoms with Gasteiger partial charge >= 0.3 is 6.03 Å². The van der Waals surface area contributed by atoms with E-state index in [4.69, 9.17) is 16.3 Å². The largest absolute Gasteiger partial charge is 0.495 e. The Balaban J connectivity index is 2.21. The van der Waals surface area contributed by atoms with E-state index in [1.807, 2.05) is 25.1 Å². The molecule has 2 aromatic carbocycles. The van der Waals surface area contributed by atoms with Crippen molar-refractivity contribution in [2.45, 2.75) is 13.0 Å². The summed E-state index contributed by atoms with van der Waals surface area (Å²) in [7, 11) is 4.74. The molecule has 1 atom stereocenters. The van der Waals surface area contributed by atoms with Gasteiger partial charge in [-0.15, -0.1) is 0 Å². The van der Waals surface area contributed by atoms with E-state index in [2.05, 4.69) is 10.6 Å². The third-order valence-electron chi connectivity index (χ3n) is 4.16. The number of amides is 3. The molecule has 0 aliphatic heterocycles. The predicted molar refractivity (Wildman–Crippen MR) is 103 cm³/mol. The van der Waals surface area contributed by atoms with Gasteiger partial charge in [-0.25, -0.2) is 4.79 Å². The van der Waals surface area contributed by atoms with Crippen LogP contribution in [-0.4, -0.2) is 38.0 Å². The highest BCUT2D eigenvalue weighted by atomic mass is 35.5. The lowest BCUT2D eigenvalue weighted by Gasteiger charge is -2.26. The number of hydrogen-bond donors (Lipinski definition) is 2. The second-order valence-electron chi connectivity index (χ2n) is 5.77. The number of halogens is 1. The molecule has 7 heteroatoms. The number of nitrogens with one attached hydrogen (secondary N) is 2. The molecule has 0 fully saturated rings. The molecule has 2 N–H and O–H groups in total. The first-order chi connectivity index (χ1) is 12.4. The Labute approximate surface area is 158 Å². The number of hydrogen-bond acceptors (Lipinski definition) is 3. The number of carbonyl (C=O) groups excluding carboxylic acids is 2. The summed E-state index contributed by atoms with van der Waals surface area (Å²) in [6.45, 7) is 1.91. The van der Waals surface area contributed by atoms with Crippen LogP contribution < -0.4 is 15.4 Å². The zero-order valence-corrected chi connectivity index (χ0v) is 15.9. The van der Waals surface area contributed by atoms with Crippen LogP contribution in [-0.2, 0) is 0 Å². The number of anilines is 1. The molecule has 2 aromatic rings. The Morgan fingerprint density at radius 1 is 1.19 bits per heavy atom. The van der Waals surface area contributed by atoms with Crippen LogP contribution >= 0.6 is 11.6 Å². The van der Waals surface area contributed by atoms with Gasteiger partial charge in [0.05, 0.1) is 18.8 Å². The Bertz CT molecular complexity index is 810. The Morgan fingerprint density at radius 2 is 1.92 bits per heavy atom. The third kappa shape index (κ3) is 4.46. The molecule has 3 amide bonds. The zero-order valence-electron chi connectivity index (χ0n) is 15.2. The summed E-state index contributed by atoms with van der Waals surface area (Å²) in [5, 5.41) is 5.96. The number of benzene rings is 2. The van der Waals surface area contributed by atoms with Gasteiger partial charge in [0, 0.05) is 24.7 Å². The zero-order chi connectivity index (χ0) is 19.3. The van der Waals surface area contributed by atoms with Crippen molar-refractivity contribution in [2.75, 3.05) is 26.5 Å². The maximum absolute atomic E-state index is 12.7. The first kappa shape index (κ1) is 19.6. The minimum atomic E-state index is -0.329. The van der Waals surface area contributed by atoms with E-state index in [-0.39, 0.29) is 18.0 Å². The van der Waals surface area contributed by atoms with Gasteiger partial charge < -0.3 is 20.3 Å². The van der Waals surface area contributed by atoms with Crippen LogP contribution in [0.1, 0.15) is 28.9 Å². The molecule has 0 spiro atoms. The fourth-order valence-electron chi connectivity index (χ4n) is 2.46. The van der Waals surface area contributed by atoms with Crippen molar-refractivity contribution < 1.29 is 14.3 Å². The number of ether oxygens (including phenoxy) is 1. The molecule has 0 heterocycles. The highest BCUT2D eigenvalue weighted by Crippen LogP contribution is 2.27. The lowest BCUT2D eigenvalue weighted by Crippen LogP contribution is -2.33. The first-order valence-electron chi connectivity index (χ1n) is 8.06. The van der Waals surface area contributed by atoms with Crippen LogP contribution in [0.3, 0.4) is 0 Å². The van der Waals surface area contributed by atoms with Crippen molar-refractivity contribution in [1.82, 2.24) is 10.2 Å². The molecule has 0 aromatic heterocycles. The minimum absolute atomic E-state index is 0.193. The van der Waals surface area contributed by atoms with E-state index >= 15 is 0 Å². The summed E-state index contributed by atoms with van der Waals surface area (Å²) in [5.74, 6) is 0.221. The molecule has 0 saturated heterocycles. The molecule has 2 rings (SSSR count). The summed E-state index contributed by atoms with van der Waals surface area (Å²) < 4.78 is 5.27. The summed E-state index contributed by atoms with van der Waals surface area (Å²) in [4.78, 5) is 26.0. The van der Waals surface area contributed by atoms with Crippen LogP contribution in [0.4, 0.5) is 10.5 Å². The van der Waals surface area contributed by atoms with Gasteiger partial charge in [0.1, 0.15) is 5.75 Å². The lowest BCUT2D eigenvalue weighted by atomic mass is 10.1. The number of urea groups is 1. The molecule has 138 valence electrons. The van der Waals surface area contributed by atoms with Crippen molar-refractivity contribution in [3.63, 3.8) is 0 Å². The quantitative estimate of drug-likeness (QED) is 0.831. The average Bonchev–Trinajstić information content (AvgIpc) is 2.65. The highest BCUT2D eigenvalue weighted by molar-refractivity contribution is 6.30. The highest BCUT2D eigenvalue weighted by Gasteiger charge is 2.19. The van der Waals surface area contributed by atoms with Gasteiger partial charge in [-0.2, -0.15) is 0 Å². The standard InChI is InChI=1S/C19H22ClN3O3/c1-12(13-6-5-7-15(20)10-13)23(3)19(25)22-16-11-14(18(24)21-2)8-9-17(16)26-4/h5-12H,1-4H3,(H,21,24)(H,22,25). The normalized spacial score (nSPS) is 11.4. The average molecular weight is 376 g/mol. The fraction of sp³-hybridized carbons (Fsp3) is 0.263. The molecule has 0 aliphatic carbocycles. The van der Waals surface area contributed by atoms with Gasteiger partial charge in [-0.05, 0) is 42.8 Å². The van der Waals surface area contributed by atoms with Gasteiger partial charge in [-0.1, -0.05) is 23.7 Å². The maximum Gasteiger partial charge on any atom is 0.322 e.